The minimum Gasteiger partial charge on any atom is -0.310 e. The monoisotopic (exact) mass is 271 g/mol. The number of H-pyrrole nitrogens is 1. The summed E-state index contributed by atoms with van der Waals surface area (Å²) < 4.78 is 1.20. The minimum absolute atomic E-state index is 0.0794. The van der Waals surface area contributed by atoms with Crippen LogP contribution in [0.2, 0.25) is 0 Å². The van der Waals surface area contributed by atoms with E-state index in [0.717, 1.165) is 17.7 Å². The van der Waals surface area contributed by atoms with Gasteiger partial charge in [-0.25, -0.2) is 4.79 Å². The molecule has 0 saturated carbocycles. The summed E-state index contributed by atoms with van der Waals surface area (Å²) in [5, 5.41) is 0. The smallest absolute Gasteiger partial charge is 0.310 e. The van der Waals surface area contributed by atoms with Crippen LogP contribution in [0, 0.1) is 0 Å². The average molecular weight is 271 g/mol. The molecule has 2 heterocycles. The van der Waals surface area contributed by atoms with Gasteiger partial charge in [-0.2, -0.15) is 0 Å². The maximum absolute atomic E-state index is 12.3. The standard InChI is InChI=1S/C14H13N3O3/c18-12-6-7-16(14(20)15-12)9-13(19)17-8-5-10-3-1-2-4-11(10)17/h1-4,6-7H,5,8-9H2,(H,15,18,20). The van der Waals surface area contributed by atoms with Crippen molar-refractivity contribution in [3.8, 4) is 0 Å². The summed E-state index contributed by atoms with van der Waals surface area (Å²) in [6.45, 7) is 0.542. The van der Waals surface area contributed by atoms with Crippen molar-refractivity contribution in [2.45, 2.75) is 13.0 Å². The normalized spacial score (nSPS) is 13.3. The molecule has 0 unspecified atom stereocenters. The third kappa shape index (κ3) is 2.16. The van der Waals surface area contributed by atoms with Gasteiger partial charge >= 0.3 is 5.69 Å². The molecular weight excluding hydrogens is 258 g/mol. The molecule has 3 rings (SSSR count). The van der Waals surface area contributed by atoms with E-state index < -0.39 is 11.2 Å². The van der Waals surface area contributed by atoms with E-state index in [1.165, 1.54) is 16.8 Å². The van der Waals surface area contributed by atoms with Gasteiger partial charge in [0.25, 0.3) is 5.56 Å². The number of para-hydroxylation sites is 1. The molecule has 102 valence electrons. The summed E-state index contributed by atoms with van der Waals surface area (Å²) in [6, 6.07) is 8.95. The summed E-state index contributed by atoms with van der Waals surface area (Å²) in [7, 11) is 0. The number of benzene rings is 1. The number of aromatic nitrogens is 2. The van der Waals surface area contributed by atoms with Crippen LogP contribution in [0.1, 0.15) is 5.56 Å². The number of amides is 1. The van der Waals surface area contributed by atoms with Crippen LogP contribution in [0.5, 0.6) is 0 Å². The Morgan fingerprint density at radius 2 is 2.00 bits per heavy atom. The Morgan fingerprint density at radius 1 is 1.20 bits per heavy atom. The number of nitrogens with one attached hydrogen (secondary N) is 1. The highest BCUT2D eigenvalue weighted by Gasteiger charge is 2.24. The molecule has 1 N–H and O–H groups in total. The van der Waals surface area contributed by atoms with Gasteiger partial charge in [-0.15, -0.1) is 0 Å². The SMILES string of the molecule is O=C(Cn1ccc(=O)[nH]c1=O)N1CCc2ccccc21. The first-order valence-corrected chi connectivity index (χ1v) is 6.33. The van der Waals surface area contributed by atoms with Crippen LogP contribution in [0.25, 0.3) is 0 Å². The number of nitrogens with zero attached hydrogens (tertiary/aromatic N) is 2. The quantitative estimate of drug-likeness (QED) is 0.843. The number of fused-ring (bicyclic) bond motifs is 1. The second-order valence-corrected chi connectivity index (χ2v) is 4.66. The molecule has 0 atom stereocenters. The number of hydrogen-bond acceptors (Lipinski definition) is 3. The lowest BCUT2D eigenvalue weighted by Crippen LogP contribution is -2.37. The highest BCUT2D eigenvalue weighted by atomic mass is 16.2. The van der Waals surface area contributed by atoms with Crippen molar-refractivity contribution in [2.75, 3.05) is 11.4 Å². The Bertz CT molecular complexity index is 775. The van der Waals surface area contributed by atoms with E-state index in [4.69, 9.17) is 0 Å². The van der Waals surface area contributed by atoms with Gasteiger partial charge in [0.05, 0.1) is 0 Å². The molecule has 1 aliphatic heterocycles. The molecule has 0 bridgehead atoms. The van der Waals surface area contributed by atoms with Gasteiger partial charge in [0.15, 0.2) is 0 Å². The number of carbonyl (C=O) groups excluding carboxylic acids is 1. The fourth-order valence-electron chi connectivity index (χ4n) is 2.40. The van der Waals surface area contributed by atoms with Gasteiger partial charge in [-0.1, -0.05) is 18.2 Å². The van der Waals surface area contributed by atoms with Gasteiger partial charge in [0.1, 0.15) is 6.54 Å². The molecule has 0 aliphatic carbocycles. The zero-order valence-electron chi connectivity index (χ0n) is 10.7. The Labute approximate surface area is 114 Å². The van der Waals surface area contributed by atoms with Crippen LogP contribution in [0.15, 0.2) is 46.1 Å². The summed E-state index contributed by atoms with van der Waals surface area (Å²) in [5.41, 5.74) is 0.994. The largest absolute Gasteiger partial charge is 0.328 e. The molecule has 1 amide bonds. The molecule has 0 fully saturated rings. The van der Waals surface area contributed by atoms with E-state index in [1.807, 2.05) is 24.3 Å². The Morgan fingerprint density at radius 3 is 2.80 bits per heavy atom. The molecule has 6 heteroatoms. The second kappa shape index (κ2) is 4.80. The molecular formula is C14H13N3O3. The number of rotatable bonds is 2. The average Bonchev–Trinajstić information content (AvgIpc) is 2.86. The van der Waals surface area contributed by atoms with Crippen LogP contribution in [0.4, 0.5) is 5.69 Å². The zero-order chi connectivity index (χ0) is 14.1. The third-order valence-electron chi connectivity index (χ3n) is 3.39. The van der Waals surface area contributed by atoms with Crippen molar-refractivity contribution in [2.24, 2.45) is 0 Å². The number of anilines is 1. The minimum atomic E-state index is -0.571. The molecule has 1 aromatic heterocycles. The lowest BCUT2D eigenvalue weighted by Gasteiger charge is -2.17. The predicted molar refractivity (Wildman–Crippen MR) is 73.8 cm³/mol. The Kier molecular flexibility index (Phi) is 2.98. The van der Waals surface area contributed by atoms with Crippen molar-refractivity contribution in [1.82, 2.24) is 9.55 Å². The molecule has 6 nitrogen and oxygen atoms in total. The Balaban J connectivity index is 1.85. The first-order chi connectivity index (χ1) is 9.65. The fourth-order valence-corrected chi connectivity index (χ4v) is 2.40. The molecule has 0 saturated heterocycles. The molecule has 2 aromatic rings. The van der Waals surface area contributed by atoms with Crippen LogP contribution >= 0.6 is 0 Å². The molecule has 20 heavy (non-hydrogen) atoms. The first kappa shape index (κ1) is 12.4. The maximum atomic E-state index is 12.3. The van der Waals surface area contributed by atoms with Crippen molar-refractivity contribution in [3.63, 3.8) is 0 Å². The summed E-state index contributed by atoms with van der Waals surface area (Å²) in [6.07, 6.45) is 2.16. The molecule has 1 aromatic carbocycles. The van der Waals surface area contributed by atoms with E-state index in [1.54, 1.807) is 4.90 Å². The van der Waals surface area contributed by atoms with Crippen LogP contribution in [-0.4, -0.2) is 22.0 Å². The number of carbonyl (C=O) groups is 1. The van der Waals surface area contributed by atoms with Gasteiger partial charge in [-0.05, 0) is 18.1 Å². The predicted octanol–water partition coefficient (Wildman–Crippen LogP) is 0.126. The third-order valence-corrected chi connectivity index (χ3v) is 3.39. The van der Waals surface area contributed by atoms with E-state index in [9.17, 15) is 14.4 Å². The van der Waals surface area contributed by atoms with Crippen LogP contribution in [-0.2, 0) is 17.8 Å². The second-order valence-electron chi connectivity index (χ2n) is 4.66. The van der Waals surface area contributed by atoms with Gasteiger partial charge in [-0.3, -0.25) is 19.1 Å². The van der Waals surface area contributed by atoms with E-state index in [2.05, 4.69) is 4.98 Å². The first-order valence-electron chi connectivity index (χ1n) is 6.33. The summed E-state index contributed by atoms with van der Waals surface area (Å²) >= 11 is 0. The summed E-state index contributed by atoms with van der Waals surface area (Å²) in [5.74, 6) is -0.163. The topological polar surface area (TPSA) is 75.2 Å². The molecule has 0 spiro atoms. The number of hydrogen-bond donors (Lipinski definition) is 1. The fraction of sp³-hybridized carbons (Fsp3) is 0.214. The van der Waals surface area contributed by atoms with Gasteiger partial charge in [0.2, 0.25) is 5.91 Å². The highest BCUT2D eigenvalue weighted by molar-refractivity contribution is 5.95. The maximum Gasteiger partial charge on any atom is 0.328 e. The van der Waals surface area contributed by atoms with E-state index in [0.29, 0.717) is 6.54 Å². The Hall–Kier alpha value is -2.63. The summed E-state index contributed by atoms with van der Waals surface area (Å²) in [4.78, 5) is 38.7. The van der Waals surface area contributed by atoms with Crippen LogP contribution < -0.4 is 16.1 Å². The van der Waals surface area contributed by atoms with Gasteiger partial charge < -0.3 is 4.90 Å². The van der Waals surface area contributed by atoms with Crippen molar-refractivity contribution in [3.05, 3.63) is 62.9 Å². The zero-order valence-corrected chi connectivity index (χ0v) is 10.7. The van der Waals surface area contributed by atoms with Gasteiger partial charge in [0, 0.05) is 24.5 Å². The van der Waals surface area contributed by atoms with E-state index in [-0.39, 0.29) is 12.5 Å². The lowest BCUT2D eigenvalue weighted by molar-refractivity contribution is -0.119. The van der Waals surface area contributed by atoms with Crippen molar-refractivity contribution < 1.29 is 4.79 Å². The molecule has 1 aliphatic rings. The van der Waals surface area contributed by atoms with Crippen molar-refractivity contribution >= 4 is 11.6 Å². The van der Waals surface area contributed by atoms with Crippen molar-refractivity contribution in [1.29, 1.82) is 0 Å². The number of aromatic amines is 1. The van der Waals surface area contributed by atoms with Crippen LogP contribution in [0.3, 0.4) is 0 Å². The van der Waals surface area contributed by atoms with E-state index >= 15 is 0 Å². The molecule has 0 radical (unpaired) electrons. The lowest BCUT2D eigenvalue weighted by atomic mass is 10.2. The highest BCUT2D eigenvalue weighted by Crippen LogP contribution is 2.27.